The third kappa shape index (κ3) is 1.29. The van der Waals surface area contributed by atoms with E-state index in [0.29, 0.717) is 12.8 Å². The number of rotatable bonds is 2. The van der Waals surface area contributed by atoms with Gasteiger partial charge in [-0.05, 0) is 18.9 Å². The van der Waals surface area contributed by atoms with E-state index in [0.717, 1.165) is 6.08 Å². The second kappa shape index (κ2) is 2.23. The molecule has 1 saturated carbocycles. The lowest BCUT2D eigenvalue weighted by molar-refractivity contribution is -0.141. The number of carbonyl (C=O) groups is 1. The zero-order valence-corrected chi connectivity index (χ0v) is 5.86. The summed E-state index contributed by atoms with van der Waals surface area (Å²) < 4.78 is 12.0. The van der Waals surface area contributed by atoms with Crippen molar-refractivity contribution in [1.29, 1.82) is 0 Å². The molecule has 4 heteroatoms. The number of carboxylic acid groups (broad SMARTS) is 1. The van der Waals surface area contributed by atoms with Crippen molar-refractivity contribution in [3.05, 3.63) is 11.4 Å². The molecule has 10 heavy (non-hydrogen) atoms. The Morgan fingerprint density at radius 2 is 2.20 bits per heavy atom. The van der Waals surface area contributed by atoms with E-state index >= 15 is 0 Å². The number of hydrogen-bond donors (Lipinski definition) is 1. The molecular formula is C6H6ClFO2. The molecule has 1 N–H and O–H groups in total. The number of halogens is 2. The zero-order chi connectivity index (χ0) is 7.78. The molecule has 1 aliphatic carbocycles. The van der Waals surface area contributed by atoms with Crippen LogP contribution < -0.4 is 0 Å². The summed E-state index contributed by atoms with van der Waals surface area (Å²) >= 11 is 4.88. The molecule has 0 amide bonds. The van der Waals surface area contributed by atoms with Crippen LogP contribution in [0.5, 0.6) is 0 Å². The van der Waals surface area contributed by atoms with E-state index in [4.69, 9.17) is 16.7 Å². The fraction of sp³-hybridized carbons (Fsp3) is 0.500. The molecule has 0 saturated heterocycles. The first-order valence-corrected chi connectivity index (χ1v) is 3.22. The number of carboxylic acids is 1. The average molecular weight is 165 g/mol. The van der Waals surface area contributed by atoms with Crippen LogP contribution in [0.15, 0.2) is 11.4 Å². The SMILES string of the molecule is O=C(O)C1(/C=C(\F)Cl)CC1. The van der Waals surface area contributed by atoms with Gasteiger partial charge in [-0.15, -0.1) is 0 Å². The molecule has 1 aliphatic rings. The smallest absolute Gasteiger partial charge is 0.313 e. The van der Waals surface area contributed by atoms with E-state index in [1.807, 2.05) is 0 Å². The fourth-order valence-corrected chi connectivity index (χ4v) is 0.972. The van der Waals surface area contributed by atoms with E-state index in [2.05, 4.69) is 0 Å². The summed E-state index contributed by atoms with van der Waals surface area (Å²) in [7, 11) is 0. The second-order valence-corrected chi connectivity index (χ2v) is 2.76. The Bertz CT molecular complexity index is 192. The largest absolute Gasteiger partial charge is 0.481 e. The summed E-state index contributed by atoms with van der Waals surface area (Å²) in [6, 6.07) is 0. The molecule has 0 aromatic carbocycles. The van der Waals surface area contributed by atoms with Gasteiger partial charge in [0.25, 0.3) is 0 Å². The van der Waals surface area contributed by atoms with Gasteiger partial charge in [0, 0.05) is 0 Å². The van der Waals surface area contributed by atoms with E-state index in [1.54, 1.807) is 0 Å². The maximum Gasteiger partial charge on any atom is 0.313 e. The van der Waals surface area contributed by atoms with E-state index in [1.165, 1.54) is 0 Å². The normalized spacial score (nSPS) is 22.4. The van der Waals surface area contributed by atoms with Crippen molar-refractivity contribution in [3.8, 4) is 0 Å². The van der Waals surface area contributed by atoms with Gasteiger partial charge in [-0.25, -0.2) is 0 Å². The van der Waals surface area contributed by atoms with Crippen LogP contribution in [0.25, 0.3) is 0 Å². The maximum absolute atomic E-state index is 12.0. The topological polar surface area (TPSA) is 37.3 Å². The third-order valence-electron chi connectivity index (χ3n) is 1.60. The van der Waals surface area contributed by atoms with E-state index in [9.17, 15) is 9.18 Å². The number of hydrogen-bond acceptors (Lipinski definition) is 1. The van der Waals surface area contributed by atoms with Crippen molar-refractivity contribution in [2.45, 2.75) is 12.8 Å². The van der Waals surface area contributed by atoms with Crippen molar-refractivity contribution in [3.63, 3.8) is 0 Å². The molecule has 0 aromatic heterocycles. The first-order valence-electron chi connectivity index (χ1n) is 2.84. The summed E-state index contributed by atoms with van der Waals surface area (Å²) in [5.41, 5.74) is -0.980. The van der Waals surface area contributed by atoms with Crippen molar-refractivity contribution in [2.24, 2.45) is 5.41 Å². The predicted molar refractivity (Wildman–Crippen MR) is 34.3 cm³/mol. The highest BCUT2D eigenvalue weighted by molar-refractivity contribution is 6.28. The van der Waals surface area contributed by atoms with Crippen LogP contribution in [0.2, 0.25) is 0 Å². The van der Waals surface area contributed by atoms with Crippen LogP contribution in [-0.2, 0) is 4.79 Å². The van der Waals surface area contributed by atoms with Crippen molar-refractivity contribution in [1.82, 2.24) is 0 Å². The Morgan fingerprint density at radius 1 is 1.70 bits per heavy atom. The molecule has 0 atom stereocenters. The summed E-state index contributed by atoms with van der Waals surface area (Å²) in [6.07, 6.45) is 1.93. The van der Waals surface area contributed by atoms with Gasteiger partial charge in [0.15, 0.2) is 5.29 Å². The summed E-state index contributed by atoms with van der Waals surface area (Å²) in [4.78, 5) is 10.3. The van der Waals surface area contributed by atoms with Crippen LogP contribution in [0.1, 0.15) is 12.8 Å². The standard InChI is InChI=1S/C6H6ClFO2/c7-4(8)3-6(1-2-6)5(9)10/h3H,1-2H2,(H,9,10)/b4-3-. The minimum Gasteiger partial charge on any atom is -0.481 e. The zero-order valence-electron chi connectivity index (χ0n) is 5.10. The Morgan fingerprint density at radius 3 is 2.30 bits per heavy atom. The highest BCUT2D eigenvalue weighted by Crippen LogP contribution is 2.48. The molecule has 0 heterocycles. The lowest BCUT2D eigenvalue weighted by Crippen LogP contribution is -2.11. The highest BCUT2D eigenvalue weighted by atomic mass is 35.5. The molecule has 1 fully saturated rings. The first kappa shape index (κ1) is 7.54. The second-order valence-electron chi connectivity index (χ2n) is 2.40. The minimum absolute atomic E-state index is 0.489. The van der Waals surface area contributed by atoms with Crippen molar-refractivity contribution < 1.29 is 14.3 Å². The number of aliphatic carboxylic acids is 1. The van der Waals surface area contributed by atoms with Crippen molar-refractivity contribution in [2.75, 3.05) is 0 Å². The van der Waals surface area contributed by atoms with Gasteiger partial charge in [-0.1, -0.05) is 11.6 Å². The lowest BCUT2D eigenvalue weighted by atomic mass is 10.1. The van der Waals surface area contributed by atoms with Gasteiger partial charge in [0.05, 0.1) is 5.41 Å². The highest BCUT2D eigenvalue weighted by Gasteiger charge is 2.48. The quantitative estimate of drug-likeness (QED) is 0.677. The van der Waals surface area contributed by atoms with Crippen LogP contribution in [-0.4, -0.2) is 11.1 Å². The third-order valence-corrected chi connectivity index (χ3v) is 1.71. The lowest BCUT2D eigenvalue weighted by Gasteiger charge is -1.99. The fourth-order valence-electron chi connectivity index (χ4n) is 0.763. The van der Waals surface area contributed by atoms with Crippen LogP contribution in [0.4, 0.5) is 4.39 Å². The van der Waals surface area contributed by atoms with Gasteiger partial charge in [-0.2, -0.15) is 4.39 Å². The molecular weight excluding hydrogens is 159 g/mol. The van der Waals surface area contributed by atoms with E-state index in [-0.39, 0.29) is 0 Å². The Balaban J connectivity index is 2.71. The Labute approximate surface area is 62.3 Å². The van der Waals surface area contributed by atoms with Gasteiger partial charge in [-0.3, -0.25) is 4.79 Å². The molecule has 1 rings (SSSR count). The van der Waals surface area contributed by atoms with Gasteiger partial charge in [0.1, 0.15) is 0 Å². The molecule has 0 spiro atoms. The summed E-state index contributed by atoms with van der Waals surface area (Å²) in [5, 5.41) is 7.55. The predicted octanol–water partition coefficient (Wildman–Crippen LogP) is 1.90. The minimum atomic E-state index is -0.997. The molecule has 0 aromatic rings. The Kier molecular flexibility index (Phi) is 1.68. The Hall–Kier alpha value is -0.570. The molecule has 56 valence electrons. The van der Waals surface area contributed by atoms with Gasteiger partial charge in [0.2, 0.25) is 0 Å². The monoisotopic (exact) mass is 164 g/mol. The summed E-state index contributed by atoms with van der Waals surface area (Å²) in [5.74, 6) is -0.997. The summed E-state index contributed by atoms with van der Waals surface area (Å²) in [6.45, 7) is 0. The molecule has 0 aliphatic heterocycles. The first-order chi connectivity index (χ1) is 4.57. The molecule has 0 radical (unpaired) electrons. The van der Waals surface area contributed by atoms with Gasteiger partial charge < -0.3 is 5.11 Å². The van der Waals surface area contributed by atoms with Gasteiger partial charge >= 0.3 is 5.97 Å². The van der Waals surface area contributed by atoms with Crippen LogP contribution in [0, 0.1) is 5.41 Å². The average Bonchev–Trinajstić information content (AvgIpc) is 2.46. The van der Waals surface area contributed by atoms with Crippen LogP contribution >= 0.6 is 11.6 Å². The maximum atomic E-state index is 12.0. The molecule has 0 unspecified atom stereocenters. The molecule has 0 bridgehead atoms. The van der Waals surface area contributed by atoms with E-state index < -0.39 is 16.7 Å². The van der Waals surface area contributed by atoms with Crippen molar-refractivity contribution >= 4 is 17.6 Å². The molecule has 2 nitrogen and oxygen atoms in total. The van der Waals surface area contributed by atoms with Crippen LogP contribution in [0.3, 0.4) is 0 Å².